The molecule has 1 aromatic rings. The van der Waals surface area contributed by atoms with Crippen LogP contribution in [0.1, 0.15) is 37.7 Å². The zero-order chi connectivity index (χ0) is 12.1. The van der Waals surface area contributed by atoms with Crippen molar-refractivity contribution >= 4 is 5.69 Å². The first kappa shape index (κ1) is 12.4. The molecule has 1 unspecified atom stereocenters. The molecule has 17 heavy (non-hydrogen) atoms. The fourth-order valence-corrected chi connectivity index (χ4v) is 2.74. The Labute approximate surface area is 104 Å². The van der Waals surface area contributed by atoms with Gasteiger partial charge in [-0.15, -0.1) is 0 Å². The van der Waals surface area contributed by atoms with Crippen molar-refractivity contribution in [2.75, 3.05) is 11.9 Å². The Morgan fingerprint density at radius 2 is 2.18 bits per heavy atom. The number of aromatic nitrogens is 1. The molecule has 0 bridgehead atoms. The molecule has 1 saturated carbocycles. The van der Waals surface area contributed by atoms with E-state index in [0.29, 0.717) is 12.6 Å². The second kappa shape index (κ2) is 6.01. The van der Waals surface area contributed by atoms with E-state index in [-0.39, 0.29) is 0 Å². The van der Waals surface area contributed by atoms with Gasteiger partial charge in [0.05, 0.1) is 0 Å². The van der Waals surface area contributed by atoms with Crippen LogP contribution in [0.15, 0.2) is 18.5 Å². The molecule has 3 nitrogen and oxygen atoms in total. The predicted molar refractivity (Wildman–Crippen MR) is 72.0 cm³/mol. The lowest BCUT2D eigenvalue weighted by Crippen LogP contribution is -2.37. The van der Waals surface area contributed by atoms with Crippen molar-refractivity contribution in [3.05, 3.63) is 24.0 Å². The Hall–Kier alpha value is -1.09. The normalized spacial score (nSPS) is 18.9. The van der Waals surface area contributed by atoms with E-state index in [1.165, 1.54) is 43.4 Å². The molecule has 1 aromatic heterocycles. The number of nitrogens with two attached hydrogens (primary N) is 1. The monoisotopic (exact) mass is 233 g/mol. The van der Waals surface area contributed by atoms with Gasteiger partial charge in [0.2, 0.25) is 0 Å². The molecule has 1 atom stereocenters. The SMILES string of the molecule is Cc1cnccc1NC(CN)C1CCCCC1. The highest BCUT2D eigenvalue weighted by Crippen LogP contribution is 2.28. The van der Waals surface area contributed by atoms with Crippen LogP contribution in [0, 0.1) is 12.8 Å². The Morgan fingerprint density at radius 3 is 2.82 bits per heavy atom. The van der Waals surface area contributed by atoms with E-state index in [0.717, 1.165) is 5.92 Å². The average Bonchev–Trinajstić information content (AvgIpc) is 2.39. The van der Waals surface area contributed by atoms with Crippen molar-refractivity contribution in [2.45, 2.75) is 45.1 Å². The van der Waals surface area contributed by atoms with Gasteiger partial charge < -0.3 is 11.1 Å². The first-order valence-electron chi connectivity index (χ1n) is 6.68. The number of rotatable bonds is 4. The predicted octanol–water partition coefficient (Wildman–Crippen LogP) is 2.71. The number of aryl methyl sites for hydroxylation is 1. The van der Waals surface area contributed by atoms with E-state index in [2.05, 4.69) is 17.2 Å². The van der Waals surface area contributed by atoms with Crippen LogP contribution >= 0.6 is 0 Å². The number of nitrogens with zero attached hydrogens (tertiary/aromatic N) is 1. The molecule has 3 heteroatoms. The molecule has 94 valence electrons. The zero-order valence-electron chi connectivity index (χ0n) is 10.7. The first-order chi connectivity index (χ1) is 8.31. The molecule has 0 saturated heterocycles. The summed E-state index contributed by atoms with van der Waals surface area (Å²) < 4.78 is 0. The van der Waals surface area contributed by atoms with Crippen LogP contribution in [0.25, 0.3) is 0 Å². The van der Waals surface area contributed by atoms with Crippen molar-refractivity contribution in [1.29, 1.82) is 0 Å². The third-order valence-corrected chi connectivity index (χ3v) is 3.83. The molecule has 0 spiro atoms. The molecule has 1 aliphatic rings. The van der Waals surface area contributed by atoms with E-state index >= 15 is 0 Å². The highest BCUT2D eigenvalue weighted by molar-refractivity contribution is 5.49. The van der Waals surface area contributed by atoms with Gasteiger partial charge in [0, 0.05) is 30.7 Å². The van der Waals surface area contributed by atoms with Crippen LogP contribution in [-0.2, 0) is 0 Å². The van der Waals surface area contributed by atoms with Crippen LogP contribution < -0.4 is 11.1 Å². The van der Waals surface area contributed by atoms with Crippen molar-refractivity contribution in [3.63, 3.8) is 0 Å². The summed E-state index contributed by atoms with van der Waals surface area (Å²) in [6.45, 7) is 2.80. The lowest BCUT2D eigenvalue weighted by atomic mass is 9.83. The van der Waals surface area contributed by atoms with Gasteiger partial charge in [-0.2, -0.15) is 0 Å². The Kier molecular flexibility index (Phi) is 4.37. The number of pyridine rings is 1. The minimum atomic E-state index is 0.413. The summed E-state index contributed by atoms with van der Waals surface area (Å²) in [6.07, 6.45) is 10.5. The molecule has 1 aliphatic carbocycles. The van der Waals surface area contributed by atoms with Gasteiger partial charge in [-0.1, -0.05) is 19.3 Å². The maximum Gasteiger partial charge on any atom is 0.0412 e. The minimum absolute atomic E-state index is 0.413. The number of hydrogen-bond acceptors (Lipinski definition) is 3. The average molecular weight is 233 g/mol. The molecular formula is C14H23N3. The third-order valence-electron chi connectivity index (χ3n) is 3.83. The topological polar surface area (TPSA) is 50.9 Å². The lowest BCUT2D eigenvalue weighted by Gasteiger charge is -2.31. The van der Waals surface area contributed by atoms with Gasteiger partial charge in [-0.3, -0.25) is 4.98 Å². The van der Waals surface area contributed by atoms with Gasteiger partial charge in [0.15, 0.2) is 0 Å². The second-order valence-corrected chi connectivity index (χ2v) is 5.08. The molecular weight excluding hydrogens is 210 g/mol. The summed E-state index contributed by atoms with van der Waals surface area (Å²) in [5.41, 5.74) is 8.30. The largest absolute Gasteiger partial charge is 0.380 e. The smallest absolute Gasteiger partial charge is 0.0412 e. The second-order valence-electron chi connectivity index (χ2n) is 5.08. The quantitative estimate of drug-likeness (QED) is 0.840. The van der Waals surface area contributed by atoms with Gasteiger partial charge in [0.25, 0.3) is 0 Å². The number of nitrogens with one attached hydrogen (secondary N) is 1. The van der Waals surface area contributed by atoms with Crippen LogP contribution in [-0.4, -0.2) is 17.6 Å². The highest BCUT2D eigenvalue weighted by Gasteiger charge is 2.22. The number of anilines is 1. The molecule has 1 fully saturated rings. The molecule has 0 aliphatic heterocycles. The summed E-state index contributed by atoms with van der Waals surface area (Å²) >= 11 is 0. The molecule has 3 N–H and O–H groups in total. The summed E-state index contributed by atoms with van der Waals surface area (Å²) in [4.78, 5) is 4.12. The Bertz CT molecular complexity index is 345. The summed E-state index contributed by atoms with van der Waals surface area (Å²) in [5.74, 6) is 0.737. The van der Waals surface area contributed by atoms with Crippen LogP contribution in [0.4, 0.5) is 5.69 Å². The van der Waals surface area contributed by atoms with Gasteiger partial charge in [-0.25, -0.2) is 0 Å². The summed E-state index contributed by atoms with van der Waals surface area (Å²) in [7, 11) is 0. The highest BCUT2D eigenvalue weighted by atomic mass is 15.0. The maximum atomic E-state index is 5.92. The maximum absolute atomic E-state index is 5.92. The van der Waals surface area contributed by atoms with Gasteiger partial charge in [-0.05, 0) is 37.3 Å². The van der Waals surface area contributed by atoms with E-state index in [9.17, 15) is 0 Å². The van der Waals surface area contributed by atoms with Crippen molar-refractivity contribution in [2.24, 2.45) is 11.7 Å². The zero-order valence-corrected chi connectivity index (χ0v) is 10.7. The van der Waals surface area contributed by atoms with E-state index in [1.807, 2.05) is 18.5 Å². The molecule has 1 heterocycles. The van der Waals surface area contributed by atoms with E-state index < -0.39 is 0 Å². The fourth-order valence-electron chi connectivity index (χ4n) is 2.74. The molecule has 0 amide bonds. The van der Waals surface area contributed by atoms with Crippen LogP contribution in [0.5, 0.6) is 0 Å². The van der Waals surface area contributed by atoms with Crippen molar-refractivity contribution in [1.82, 2.24) is 4.98 Å². The minimum Gasteiger partial charge on any atom is -0.380 e. The van der Waals surface area contributed by atoms with E-state index in [4.69, 9.17) is 5.73 Å². The summed E-state index contributed by atoms with van der Waals surface area (Å²) in [5, 5.41) is 3.60. The summed E-state index contributed by atoms with van der Waals surface area (Å²) in [6, 6.07) is 2.46. The standard InChI is InChI=1S/C14H23N3/c1-11-10-16-8-7-13(11)17-14(9-15)12-5-3-2-4-6-12/h7-8,10,12,14H,2-6,9,15H2,1H3,(H,16,17). The number of hydrogen-bond donors (Lipinski definition) is 2. The van der Waals surface area contributed by atoms with Crippen molar-refractivity contribution in [3.8, 4) is 0 Å². The third kappa shape index (κ3) is 3.19. The van der Waals surface area contributed by atoms with Gasteiger partial charge >= 0.3 is 0 Å². The first-order valence-corrected chi connectivity index (χ1v) is 6.68. The van der Waals surface area contributed by atoms with Crippen LogP contribution in [0.3, 0.4) is 0 Å². The van der Waals surface area contributed by atoms with Crippen molar-refractivity contribution < 1.29 is 0 Å². The van der Waals surface area contributed by atoms with Gasteiger partial charge in [0.1, 0.15) is 0 Å². The molecule has 0 radical (unpaired) electrons. The Balaban J connectivity index is 2.01. The lowest BCUT2D eigenvalue weighted by molar-refractivity contribution is 0.320. The van der Waals surface area contributed by atoms with Crippen LogP contribution in [0.2, 0.25) is 0 Å². The molecule has 2 rings (SSSR count). The molecule has 0 aromatic carbocycles. The Morgan fingerprint density at radius 1 is 1.41 bits per heavy atom. The van der Waals surface area contributed by atoms with E-state index in [1.54, 1.807) is 0 Å². The fraction of sp³-hybridized carbons (Fsp3) is 0.643.